The van der Waals surface area contributed by atoms with E-state index in [2.05, 4.69) is 9.97 Å². The summed E-state index contributed by atoms with van der Waals surface area (Å²) < 4.78 is 1.21. The number of Topliss-reactive ketones (excluding diaryl/α,β-unsaturated/α-hetero) is 1. The number of hydrogen-bond donors (Lipinski definition) is 0. The Morgan fingerprint density at radius 2 is 1.93 bits per heavy atom. The van der Waals surface area contributed by atoms with Crippen molar-refractivity contribution in [3.63, 3.8) is 0 Å². The van der Waals surface area contributed by atoms with Crippen molar-refractivity contribution >= 4 is 63.0 Å². The van der Waals surface area contributed by atoms with Crippen molar-refractivity contribution in [2.24, 2.45) is 0 Å². The van der Waals surface area contributed by atoms with Crippen LogP contribution in [-0.2, 0) is 0 Å². The Morgan fingerprint density at radius 3 is 2.68 bits per heavy atom. The normalized spacial score (nSPS) is 11.7. The molecule has 0 fully saturated rings. The molecule has 28 heavy (non-hydrogen) atoms. The smallest absolute Gasteiger partial charge is 0.265 e. The van der Waals surface area contributed by atoms with E-state index in [1.54, 1.807) is 53.9 Å². The summed E-state index contributed by atoms with van der Waals surface area (Å²) in [5.74, 6) is -0.396. The number of thiazole rings is 1. The first-order valence-corrected chi connectivity index (χ1v) is 9.76. The molecule has 0 amide bonds. The van der Waals surface area contributed by atoms with Crippen LogP contribution >= 0.6 is 34.5 Å². The second kappa shape index (κ2) is 7.67. The third-order valence-electron chi connectivity index (χ3n) is 4.04. The molecular formula is C20H11Cl2N3O2S. The first-order valence-electron chi connectivity index (χ1n) is 8.12. The van der Waals surface area contributed by atoms with Gasteiger partial charge in [-0.3, -0.25) is 14.2 Å². The number of benzene rings is 2. The number of fused-ring (bicyclic) bond motifs is 1. The van der Waals surface area contributed by atoms with Crippen LogP contribution in [-0.4, -0.2) is 20.3 Å². The van der Waals surface area contributed by atoms with Gasteiger partial charge >= 0.3 is 0 Å². The first-order chi connectivity index (χ1) is 13.5. The number of allylic oxidation sites excluding steroid dienone is 1. The summed E-state index contributed by atoms with van der Waals surface area (Å²) >= 11 is 13.4. The predicted molar refractivity (Wildman–Crippen MR) is 113 cm³/mol. The Balaban J connectivity index is 1.96. The summed E-state index contributed by atoms with van der Waals surface area (Å²) in [5, 5.41) is 3.25. The molecule has 0 unspecified atom stereocenters. The fourth-order valence-corrected chi connectivity index (χ4v) is 3.64. The minimum atomic E-state index is -0.396. The summed E-state index contributed by atoms with van der Waals surface area (Å²) in [6.45, 7) is 0. The van der Waals surface area contributed by atoms with Crippen LogP contribution in [0.3, 0.4) is 0 Å². The van der Waals surface area contributed by atoms with Crippen LogP contribution in [0.4, 0.5) is 0 Å². The third kappa shape index (κ3) is 3.49. The second-order valence-electron chi connectivity index (χ2n) is 5.80. The number of halogens is 2. The first kappa shape index (κ1) is 18.6. The van der Waals surface area contributed by atoms with Gasteiger partial charge in [-0.1, -0.05) is 41.4 Å². The van der Waals surface area contributed by atoms with Crippen LogP contribution in [0.5, 0.6) is 0 Å². The molecule has 4 rings (SSSR count). The van der Waals surface area contributed by atoms with Gasteiger partial charge in [-0.05, 0) is 35.9 Å². The number of carbonyl (C=O) groups excluding carboxylic acids is 1. The zero-order valence-corrected chi connectivity index (χ0v) is 16.5. The van der Waals surface area contributed by atoms with E-state index in [1.165, 1.54) is 28.4 Å². The molecule has 2 aromatic carbocycles. The summed E-state index contributed by atoms with van der Waals surface area (Å²) in [5.41, 5.74) is 0.780. The van der Waals surface area contributed by atoms with Gasteiger partial charge in [0.05, 0.1) is 10.9 Å². The highest BCUT2D eigenvalue weighted by Crippen LogP contribution is 2.23. The monoisotopic (exact) mass is 427 g/mol. The van der Waals surface area contributed by atoms with Crippen LogP contribution < -0.4 is 5.56 Å². The van der Waals surface area contributed by atoms with Gasteiger partial charge in [-0.2, -0.15) is 0 Å². The van der Waals surface area contributed by atoms with E-state index in [9.17, 15) is 9.59 Å². The lowest BCUT2D eigenvalue weighted by Crippen LogP contribution is -2.23. The Morgan fingerprint density at radius 1 is 1.11 bits per heavy atom. The fraction of sp³-hybridized carbons (Fsp3) is 0. The molecule has 5 nitrogen and oxygen atoms in total. The number of nitrogens with zero attached hydrogens (tertiary/aromatic N) is 3. The van der Waals surface area contributed by atoms with Gasteiger partial charge in [0.1, 0.15) is 12.0 Å². The number of rotatable bonds is 4. The summed E-state index contributed by atoms with van der Waals surface area (Å²) in [7, 11) is 0. The van der Waals surface area contributed by atoms with Crippen LogP contribution in [0.25, 0.3) is 22.7 Å². The van der Waals surface area contributed by atoms with Crippen molar-refractivity contribution in [1.29, 1.82) is 0 Å². The zero-order chi connectivity index (χ0) is 19.7. The third-order valence-corrected chi connectivity index (χ3v) is 5.39. The van der Waals surface area contributed by atoms with Crippen LogP contribution in [0, 0.1) is 0 Å². The lowest BCUT2D eigenvalue weighted by molar-refractivity contribution is 0.105. The molecule has 0 radical (unpaired) electrons. The molecule has 0 atom stereocenters. The van der Waals surface area contributed by atoms with Gasteiger partial charge < -0.3 is 0 Å². The predicted octanol–water partition coefficient (Wildman–Crippen LogP) is 5.04. The van der Waals surface area contributed by atoms with Gasteiger partial charge in [0.2, 0.25) is 5.78 Å². The van der Waals surface area contributed by atoms with Gasteiger partial charge in [-0.25, -0.2) is 9.97 Å². The molecule has 0 aliphatic carbocycles. The summed E-state index contributed by atoms with van der Waals surface area (Å²) in [6, 6.07) is 11.9. The molecular weight excluding hydrogens is 417 g/mol. The van der Waals surface area contributed by atoms with E-state index < -0.39 is 5.78 Å². The Labute approximate surface area is 173 Å². The van der Waals surface area contributed by atoms with Gasteiger partial charge in [0, 0.05) is 21.6 Å². The number of ketones is 1. The van der Waals surface area contributed by atoms with Crippen molar-refractivity contribution < 1.29 is 4.79 Å². The molecule has 8 heteroatoms. The lowest BCUT2D eigenvalue weighted by Gasteiger charge is -2.10. The standard InChI is InChI=1S/C20H11Cl2N3O2S/c21-13-5-6-14-16(10-13)24-11-25(20(14)27)17(18(26)19-23-7-8-28-19)9-12-3-1-2-4-15(12)22/h1-11H/b17-9-. The molecule has 0 spiro atoms. The van der Waals surface area contributed by atoms with Crippen molar-refractivity contribution in [2.45, 2.75) is 0 Å². The van der Waals surface area contributed by atoms with Crippen molar-refractivity contribution in [3.8, 4) is 0 Å². The largest absolute Gasteiger partial charge is 0.284 e. The highest BCUT2D eigenvalue weighted by atomic mass is 35.5. The molecule has 4 aromatic rings. The Hall–Kier alpha value is -2.80. The quantitative estimate of drug-likeness (QED) is 0.338. The fourth-order valence-electron chi connectivity index (χ4n) is 2.70. The van der Waals surface area contributed by atoms with Crippen LogP contribution in [0.15, 0.2) is 65.2 Å². The lowest BCUT2D eigenvalue weighted by atomic mass is 10.1. The summed E-state index contributed by atoms with van der Waals surface area (Å²) in [6.07, 6.45) is 4.42. The molecule has 138 valence electrons. The molecule has 0 saturated carbocycles. The maximum absolute atomic E-state index is 13.1. The molecule has 0 bridgehead atoms. The minimum absolute atomic E-state index is 0.109. The summed E-state index contributed by atoms with van der Waals surface area (Å²) in [4.78, 5) is 34.5. The van der Waals surface area contributed by atoms with Gasteiger partial charge in [-0.15, -0.1) is 11.3 Å². The van der Waals surface area contributed by atoms with E-state index in [0.29, 0.717) is 26.5 Å². The Kier molecular flexibility index (Phi) is 5.09. The molecule has 2 heterocycles. The zero-order valence-electron chi connectivity index (χ0n) is 14.2. The molecule has 0 aliphatic rings. The number of hydrogen-bond acceptors (Lipinski definition) is 5. The topological polar surface area (TPSA) is 64.8 Å². The highest BCUT2D eigenvalue weighted by molar-refractivity contribution is 7.12. The van der Waals surface area contributed by atoms with Crippen LogP contribution in [0.2, 0.25) is 10.0 Å². The average Bonchev–Trinajstić information content (AvgIpc) is 3.22. The van der Waals surface area contributed by atoms with Crippen molar-refractivity contribution in [3.05, 3.63) is 91.3 Å². The van der Waals surface area contributed by atoms with E-state index in [0.717, 1.165) is 0 Å². The molecule has 0 saturated heterocycles. The van der Waals surface area contributed by atoms with E-state index in [4.69, 9.17) is 23.2 Å². The molecule has 0 aliphatic heterocycles. The maximum Gasteiger partial charge on any atom is 0.265 e. The van der Waals surface area contributed by atoms with E-state index in [1.807, 2.05) is 0 Å². The van der Waals surface area contributed by atoms with Gasteiger partial charge in [0.15, 0.2) is 5.01 Å². The SMILES string of the molecule is O=C(/C(=C/c1ccccc1Cl)n1cnc2cc(Cl)ccc2c1=O)c1nccs1. The highest BCUT2D eigenvalue weighted by Gasteiger charge is 2.20. The van der Waals surface area contributed by atoms with Gasteiger partial charge in [0.25, 0.3) is 5.56 Å². The number of carbonyl (C=O) groups is 1. The minimum Gasteiger partial charge on any atom is -0.284 e. The van der Waals surface area contributed by atoms with E-state index in [-0.39, 0.29) is 16.3 Å². The average molecular weight is 428 g/mol. The second-order valence-corrected chi connectivity index (χ2v) is 7.54. The number of aromatic nitrogens is 3. The van der Waals surface area contributed by atoms with E-state index >= 15 is 0 Å². The van der Waals surface area contributed by atoms with Crippen molar-refractivity contribution in [1.82, 2.24) is 14.5 Å². The Bertz CT molecular complexity index is 1280. The molecule has 0 N–H and O–H groups in total. The maximum atomic E-state index is 13.1. The van der Waals surface area contributed by atoms with Crippen LogP contribution in [0.1, 0.15) is 15.4 Å². The van der Waals surface area contributed by atoms with Crippen molar-refractivity contribution in [2.75, 3.05) is 0 Å². The molecule has 2 aromatic heterocycles.